The van der Waals surface area contributed by atoms with Gasteiger partial charge in [0.25, 0.3) is 0 Å². The summed E-state index contributed by atoms with van der Waals surface area (Å²) in [5.74, 6) is 0. The van der Waals surface area contributed by atoms with E-state index in [2.05, 4.69) is 11.1 Å². The molecule has 0 saturated heterocycles. The number of benzene rings is 3. The fourth-order valence-electron chi connectivity index (χ4n) is 2.76. The van der Waals surface area contributed by atoms with Crippen molar-refractivity contribution in [3.63, 3.8) is 0 Å². The minimum atomic E-state index is -4.35. The van der Waals surface area contributed by atoms with E-state index in [-0.39, 0.29) is 20.1 Å². The van der Waals surface area contributed by atoms with Crippen molar-refractivity contribution in [1.82, 2.24) is 4.98 Å². The van der Waals surface area contributed by atoms with E-state index in [9.17, 15) is 13.2 Å². The van der Waals surface area contributed by atoms with Crippen molar-refractivity contribution in [2.24, 2.45) is 0 Å². The number of halogens is 3. The molecule has 0 N–H and O–H groups in total. The summed E-state index contributed by atoms with van der Waals surface area (Å²) >= 11 is 0. The minimum Gasteiger partial charge on any atom is -0.303 e. The van der Waals surface area contributed by atoms with Crippen LogP contribution in [0.4, 0.5) is 13.2 Å². The van der Waals surface area contributed by atoms with Gasteiger partial charge >= 0.3 is 6.18 Å². The Morgan fingerprint density at radius 1 is 0.913 bits per heavy atom. The molecule has 0 aliphatic rings. The molecule has 117 valence electrons. The van der Waals surface area contributed by atoms with E-state index in [1.165, 1.54) is 12.3 Å². The number of hydrogen-bond donors (Lipinski definition) is 0. The summed E-state index contributed by atoms with van der Waals surface area (Å²) in [5.41, 5.74) is 0.0962. The summed E-state index contributed by atoms with van der Waals surface area (Å²) in [7, 11) is 0. The van der Waals surface area contributed by atoms with Gasteiger partial charge in [0.2, 0.25) is 0 Å². The van der Waals surface area contributed by atoms with Gasteiger partial charge in [-0.25, -0.2) is 0 Å². The fourth-order valence-corrected chi connectivity index (χ4v) is 2.76. The van der Waals surface area contributed by atoms with Crippen LogP contribution in [0, 0.1) is 6.07 Å². The van der Waals surface area contributed by atoms with Gasteiger partial charge in [-0.1, -0.05) is 18.2 Å². The topological polar surface area (TPSA) is 12.9 Å². The number of alkyl halides is 3. The number of rotatable bonds is 0. The summed E-state index contributed by atoms with van der Waals surface area (Å²) in [4.78, 5) is 4.36. The molecule has 1 radical (unpaired) electrons. The average molecular weight is 488 g/mol. The van der Waals surface area contributed by atoms with Crippen LogP contribution in [0.2, 0.25) is 0 Å². The van der Waals surface area contributed by atoms with E-state index in [0.717, 1.165) is 39.2 Å². The first-order valence-corrected chi connectivity index (χ1v) is 6.73. The van der Waals surface area contributed by atoms with Crippen LogP contribution in [0.15, 0.2) is 54.7 Å². The maximum absolute atomic E-state index is 12.8. The molecule has 0 aliphatic carbocycles. The summed E-state index contributed by atoms with van der Waals surface area (Å²) in [6.07, 6.45) is -2.85. The molecule has 1 heterocycles. The summed E-state index contributed by atoms with van der Waals surface area (Å²) < 4.78 is 38.4. The van der Waals surface area contributed by atoms with E-state index in [4.69, 9.17) is 0 Å². The van der Waals surface area contributed by atoms with E-state index in [1.54, 1.807) is 6.07 Å². The number of hydrogen-bond acceptors (Lipinski definition) is 1. The molecule has 0 bridgehead atoms. The first-order valence-electron chi connectivity index (χ1n) is 6.73. The van der Waals surface area contributed by atoms with Crippen molar-refractivity contribution in [2.75, 3.05) is 0 Å². The van der Waals surface area contributed by atoms with Crippen LogP contribution >= 0.6 is 0 Å². The van der Waals surface area contributed by atoms with Gasteiger partial charge in [-0.3, -0.25) is 0 Å². The molecule has 4 aromatic rings. The normalized spacial score (nSPS) is 11.8. The second-order valence-corrected chi connectivity index (χ2v) is 5.15. The van der Waals surface area contributed by atoms with Crippen LogP contribution in [-0.4, -0.2) is 4.98 Å². The molecule has 4 rings (SSSR count). The molecule has 0 saturated carbocycles. The van der Waals surface area contributed by atoms with Crippen molar-refractivity contribution in [1.29, 1.82) is 0 Å². The van der Waals surface area contributed by atoms with E-state index < -0.39 is 11.7 Å². The monoisotopic (exact) mass is 489 g/mol. The molecule has 5 heteroatoms. The first-order chi connectivity index (χ1) is 10.5. The smallest absolute Gasteiger partial charge is 0.303 e. The fraction of sp³-hybridized carbons (Fsp3) is 0.0556. The van der Waals surface area contributed by atoms with Crippen LogP contribution < -0.4 is 0 Å². The molecule has 1 nitrogen and oxygen atoms in total. The SMILES string of the molecule is FC(F)(F)c1ccc2c(cnc3c4[c-]cccc4ccc23)c1.[Ir]. The molecular formula is C18H9F3IrN-. The predicted molar refractivity (Wildman–Crippen MR) is 80.6 cm³/mol. The van der Waals surface area contributed by atoms with Crippen LogP contribution in [0.1, 0.15) is 5.56 Å². The molecule has 0 fully saturated rings. The third kappa shape index (κ3) is 2.60. The Morgan fingerprint density at radius 3 is 2.48 bits per heavy atom. The molecular weight excluding hydrogens is 479 g/mol. The van der Waals surface area contributed by atoms with Crippen molar-refractivity contribution in [3.8, 4) is 0 Å². The van der Waals surface area contributed by atoms with E-state index in [1.807, 2.05) is 24.3 Å². The van der Waals surface area contributed by atoms with Crippen molar-refractivity contribution in [3.05, 3.63) is 66.4 Å². The Balaban J connectivity index is 0.00000156. The van der Waals surface area contributed by atoms with Crippen LogP contribution in [0.25, 0.3) is 32.4 Å². The Morgan fingerprint density at radius 2 is 1.70 bits per heavy atom. The van der Waals surface area contributed by atoms with Crippen molar-refractivity contribution >= 4 is 32.4 Å². The predicted octanol–water partition coefficient (Wildman–Crippen LogP) is 5.36. The Bertz CT molecular complexity index is 1020. The molecule has 0 amide bonds. The van der Waals surface area contributed by atoms with Gasteiger partial charge in [0, 0.05) is 26.3 Å². The van der Waals surface area contributed by atoms with Gasteiger partial charge in [0.15, 0.2) is 0 Å². The second kappa shape index (κ2) is 5.59. The maximum atomic E-state index is 12.8. The van der Waals surface area contributed by atoms with Crippen LogP contribution in [0.5, 0.6) is 0 Å². The zero-order chi connectivity index (χ0) is 15.3. The second-order valence-electron chi connectivity index (χ2n) is 5.15. The van der Waals surface area contributed by atoms with Crippen molar-refractivity contribution < 1.29 is 33.3 Å². The minimum absolute atomic E-state index is 0. The molecule has 3 aromatic carbocycles. The molecule has 0 aliphatic heterocycles. The van der Waals surface area contributed by atoms with Gasteiger partial charge in [-0.15, -0.1) is 35.0 Å². The summed E-state index contributed by atoms with van der Waals surface area (Å²) in [5, 5.41) is 3.96. The number of pyridine rings is 1. The molecule has 0 spiro atoms. The first kappa shape index (κ1) is 15.9. The zero-order valence-electron chi connectivity index (χ0n) is 11.6. The zero-order valence-corrected chi connectivity index (χ0v) is 14.0. The van der Waals surface area contributed by atoms with E-state index >= 15 is 0 Å². The average Bonchev–Trinajstić information content (AvgIpc) is 2.52. The largest absolute Gasteiger partial charge is 0.416 e. The van der Waals surface area contributed by atoms with E-state index in [0.29, 0.717) is 5.39 Å². The molecule has 1 aromatic heterocycles. The summed E-state index contributed by atoms with van der Waals surface area (Å²) in [6, 6.07) is 16.4. The van der Waals surface area contributed by atoms with Crippen LogP contribution in [0.3, 0.4) is 0 Å². The quantitative estimate of drug-likeness (QED) is 0.240. The van der Waals surface area contributed by atoms with Gasteiger partial charge in [0.05, 0.1) is 5.56 Å². The maximum Gasteiger partial charge on any atom is 0.416 e. The Hall–Kier alpha value is -1.97. The molecule has 0 atom stereocenters. The third-order valence-corrected chi connectivity index (χ3v) is 3.81. The molecule has 23 heavy (non-hydrogen) atoms. The molecule has 0 unspecified atom stereocenters. The summed E-state index contributed by atoms with van der Waals surface area (Å²) in [6.45, 7) is 0. The van der Waals surface area contributed by atoms with Crippen LogP contribution in [-0.2, 0) is 26.3 Å². The van der Waals surface area contributed by atoms with Gasteiger partial charge in [-0.05, 0) is 33.8 Å². The van der Waals surface area contributed by atoms with Gasteiger partial charge < -0.3 is 4.98 Å². The van der Waals surface area contributed by atoms with Crippen molar-refractivity contribution in [2.45, 2.75) is 6.18 Å². The van der Waals surface area contributed by atoms with Gasteiger partial charge in [-0.2, -0.15) is 13.2 Å². The number of aromatic nitrogens is 1. The number of nitrogens with zero attached hydrogens (tertiary/aromatic N) is 1. The van der Waals surface area contributed by atoms with Gasteiger partial charge in [0.1, 0.15) is 0 Å². The number of fused-ring (bicyclic) bond motifs is 5. The third-order valence-electron chi connectivity index (χ3n) is 3.81. The Labute approximate surface area is 143 Å². The standard InChI is InChI=1S/C18H9F3N.Ir/c19-18(20,21)13-6-8-14-12(9-13)10-22-17-15-4-2-1-3-11(15)5-7-16(14)17;/h1-3,5-10H;/q-1;. The Kier molecular flexibility index (Phi) is 3.86.